The molecule has 0 aliphatic rings. The van der Waals surface area contributed by atoms with E-state index in [0.29, 0.717) is 32.5 Å². The van der Waals surface area contributed by atoms with Crippen molar-refractivity contribution in [3.05, 3.63) is 52.5 Å². The molecule has 6 nitrogen and oxygen atoms in total. The van der Waals surface area contributed by atoms with Crippen LogP contribution in [0.25, 0.3) is 11.4 Å². The normalized spacial score (nSPS) is 10.6. The average Bonchev–Trinajstić information content (AvgIpc) is 3.12. The van der Waals surface area contributed by atoms with Gasteiger partial charge in [0.15, 0.2) is 5.82 Å². The molecule has 0 saturated heterocycles. The fraction of sp³-hybridized carbons (Fsp3) is 0.118. The first-order chi connectivity index (χ1) is 12.6. The van der Waals surface area contributed by atoms with Crippen molar-refractivity contribution in [1.29, 1.82) is 0 Å². The second-order valence-corrected chi connectivity index (χ2v) is 6.83. The van der Waals surface area contributed by atoms with Crippen molar-refractivity contribution in [3.8, 4) is 17.1 Å². The van der Waals surface area contributed by atoms with Gasteiger partial charge in [-0.05, 0) is 24.3 Å². The molecule has 3 aromatic rings. The van der Waals surface area contributed by atoms with Crippen LogP contribution in [0.2, 0.25) is 10.0 Å². The number of benzene rings is 2. The fourth-order valence-electron chi connectivity index (χ4n) is 2.19. The highest BCUT2D eigenvalue weighted by Crippen LogP contribution is 2.30. The third-order valence-corrected chi connectivity index (χ3v) is 5.05. The minimum absolute atomic E-state index is 0.131. The molecule has 2 N–H and O–H groups in total. The summed E-state index contributed by atoms with van der Waals surface area (Å²) in [6.07, 6.45) is 0. The lowest BCUT2D eigenvalue weighted by atomic mass is 10.2. The van der Waals surface area contributed by atoms with Crippen molar-refractivity contribution in [1.82, 2.24) is 15.2 Å². The Kier molecular flexibility index (Phi) is 6.03. The first-order valence-electron chi connectivity index (χ1n) is 7.51. The van der Waals surface area contributed by atoms with Crippen LogP contribution in [0.3, 0.4) is 0 Å². The van der Waals surface area contributed by atoms with E-state index in [4.69, 9.17) is 27.9 Å². The molecule has 3 rings (SSSR count). The number of aromatic amines is 1. The van der Waals surface area contributed by atoms with Crippen LogP contribution in [0.1, 0.15) is 0 Å². The number of aromatic nitrogens is 3. The van der Waals surface area contributed by atoms with Gasteiger partial charge in [-0.3, -0.25) is 9.89 Å². The van der Waals surface area contributed by atoms with Crippen molar-refractivity contribution in [3.63, 3.8) is 0 Å². The number of carbonyl (C=O) groups is 1. The van der Waals surface area contributed by atoms with Crippen LogP contribution < -0.4 is 10.1 Å². The van der Waals surface area contributed by atoms with Crippen molar-refractivity contribution in [2.45, 2.75) is 5.16 Å². The molecular formula is C17H14Cl2N4O2S. The zero-order valence-corrected chi connectivity index (χ0v) is 16.0. The Bertz CT molecular complexity index is 933. The van der Waals surface area contributed by atoms with Gasteiger partial charge in [-0.2, -0.15) is 0 Å². The average molecular weight is 409 g/mol. The summed E-state index contributed by atoms with van der Waals surface area (Å²) in [7, 11) is 1.59. The third-order valence-electron chi connectivity index (χ3n) is 3.39. The number of hydrogen-bond acceptors (Lipinski definition) is 5. The van der Waals surface area contributed by atoms with Crippen molar-refractivity contribution >= 4 is 46.6 Å². The molecule has 0 aliphatic carbocycles. The predicted octanol–water partition coefficient (Wildman–Crippen LogP) is 4.52. The zero-order chi connectivity index (χ0) is 18.5. The topological polar surface area (TPSA) is 79.9 Å². The van der Waals surface area contributed by atoms with Gasteiger partial charge < -0.3 is 10.1 Å². The molecule has 0 unspecified atom stereocenters. The van der Waals surface area contributed by atoms with Crippen LogP contribution in [0.5, 0.6) is 5.75 Å². The number of anilines is 1. The lowest BCUT2D eigenvalue weighted by Gasteiger charge is -2.07. The van der Waals surface area contributed by atoms with E-state index in [9.17, 15) is 4.79 Å². The molecule has 0 saturated carbocycles. The molecule has 2 aromatic carbocycles. The van der Waals surface area contributed by atoms with E-state index in [-0.39, 0.29) is 11.7 Å². The van der Waals surface area contributed by atoms with E-state index < -0.39 is 0 Å². The Hall–Kier alpha value is -2.22. The third kappa shape index (κ3) is 4.30. The number of halogens is 2. The van der Waals surface area contributed by atoms with Gasteiger partial charge in [0.1, 0.15) is 5.75 Å². The highest BCUT2D eigenvalue weighted by molar-refractivity contribution is 7.99. The first kappa shape index (κ1) is 18.6. The van der Waals surface area contributed by atoms with Gasteiger partial charge in [0.25, 0.3) is 0 Å². The summed E-state index contributed by atoms with van der Waals surface area (Å²) >= 11 is 13.2. The number of nitrogens with zero attached hydrogens (tertiary/aromatic N) is 2. The second-order valence-electron chi connectivity index (χ2n) is 5.11. The van der Waals surface area contributed by atoms with Crippen LogP contribution >= 0.6 is 35.0 Å². The summed E-state index contributed by atoms with van der Waals surface area (Å²) in [6.45, 7) is 0. The summed E-state index contributed by atoms with van der Waals surface area (Å²) in [6, 6.07) is 12.5. The maximum Gasteiger partial charge on any atom is 0.234 e. The van der Waals surface area contributed by atoms with Gasteiger partial charge >= 0.3 is 0 Å². The van der Waals surface area contributed by atoms with Crippen LogP contribution in [0, 0.1) is 0 Å². The van der Waals surface area contributed by atoms with Crippen LogP contribution in [0.4, 0.5) is 5.69 Å². The number of thioether (sulfide) groups is 1. The monoisotopic (exact) mass is 408 g/mol. The molecule has 1 amide bonds. The second kappa shape index (κ2) is 8.44. The van der Waals surface area contributed by atoms with E-state index >= 15 is 0 Å². The molecule has 0 radical (unpaired) electrons. The van der Waals surface area contributed by atoms with Crippen LogP contribution in [0.15, 0.2) is 47.6 Å². The Morgan fingerprint density at radius 2 is 2.04 bits per heavy atom. The Balaban J connectivity index is 1.63. The smallest absolute Gasteiger partial charge is 0.234 e. The number of ether oxygens (including phenoxy) is 1. The SMILES string of the molecule is COc1ccccc1-c1nc(SCC(=O)Nc2cccc(Cl)c2Cl)n[nH]1. The minimum Gasteiger partial charge on any atom is -0.496 e. The van der Waals surface area contributed by atoms with E-state index in [1.807, 2.05) is 24.3 Å². The Labute approximate surface area is 164 Å². The maximum atomic E-state index is 12.1. The van der Waals surface area contributed by atoms with Gasteiger partial charge in [0.05, 0.1) is 34.2 Å². The quantitative estimate of drug-likeness (QED) is 0.586. The highest BCUT2D eigenvalue weighted by Gasteiger charge is 2.13. The fourth-order valence-corrected chi connectivity index (χ4v) is 3.13. The van der Waals surface area contributed by atoms with E-state index in [1.54, 1.807) is 25.3 Å². The molecule has 26 heavy (non-hydrogen) atoms. The lowest BCUT2D eigenvalue weighted by molar-refractivity contribution is -0.113. The zero-order valence-electron chi connectivity index (χ0n) is 13.6. The first-order valence-corrected chi connectivity index (χ1v) is 9.25. The molecule has 1 aromatic heterocycles. The van der Waals surface area contributed by atoms with Gasteiger partial charge in [-0.15, -0.1) is 5.10 Å². The molecule has 1 heterocycles. The molecule has 0 bridgehead atoms. The van der Waals surface area contributed by atoms with E-state index in [1.165, 1.54) is 11.8 Å². The summed E-state index contributed by atoms with van der Waals surface area (Å²) in [5.41, 5.74) is 1.26. The highest BCUT2D eigenvalue weighted by atomic mass is 35.5. The van der Waals surface area contributed by atoms with E-state index in [0.717, 1.165) is 5.56 Å². The summed E-state index contributed by atoms with van der Waals surface area (Å²) in [5, 5.41) is 10.8. The largest absolute Gasteiger partial charge is 0.496 e. The van der Waals surface area contributed by atoms with Gasteiger partial charge in [0, 0.05) is 0 Å². The molecule has 0 spiro atoms. The van der Waals surface area contributed by atoms with E-state index in [2.05, 4.69) is 20.5 Å². The van der Waals surface area contributed by atoms with Crippen molar-refractivity contribution in [2.75, 3.05) is 18.2 Å². The van der Waals surface area contributed by atoms with Gasteiger partial charge in [-0.25, -0.2) is 4.98 Å². The molecular weight excluding hydrogens is 395 g/mol. The minimum atomic E-state index is -0.234. The van der Waals surface area contributed by atoms with Crippen LogP contribution in [-0.4, -0.2) is 34.0 Å². The lowest BCUT2D eigenvalue weighted by Crippen LogP contribution is -2.14. The molecule has 134 valence electrons. The number of hydrogen-bond donors (Lipinski definition) is 2. The van der Waals surface area contributed by atoms with Crippen LogP contribution in [-0.2, 0) is 4.79 Å². The number of carbonyl (C=O) groups excluding carboxylic acids is 1. The maximum absolute atomic E-state index is 12.1. The van der Waals surface area contributed by atoms with Crippen molar-refractivity contribution < 1.29 is 9.53 Å². The summed E-state index contributed by atoms with van der Waals surface area (Å²) < 4.78 is 5.31. The molecule has 0 fully saturated rings. The summed E-state index contributed by atoms with van der Waals surface area (Å²) in [5.74, 6) is 1.16. The number of para-hydroxylation sites is 1. The number of methoxy groups -OCH3 is 1. The molecule has 0 atom stereocenters. The number of H-pyrrole nitrogens is 1. The number of rotatable bonds is 6. The molecule has 0 aliphatic heterocycles. The standard InChI is InChI=1S/C17H14Cl2N4O2S/c1-25-13-8-3-2-5-10(13)16-21-17(23-22-16)26-9-14(24)20-12-7-4-6-11(18)15(12)19/h2-8H,9H2,1H3,(H,20,24)(H,21,22,23). The summed E-state index contributed by atoms with van der Waals surface area (Å²) in [4.78, 5) is 16.5. The Morgan fingerprint density at radius 1 is 1.23 bits per heavy atom. The predicted molar refractivity (Wildman–Crippen MR) is 104 cm³/mol. The Morgan fingerprint density at radius 3 is 2.85 bits per heavy atom. The molecule has 9 heteroatoms. The van der Waals surface area contributed by atoms with Gasteiger partial charge in [-0.1, -0.05) is 53.2 Å². The number of amides is 1. The number of nitrogens with one attached hydrogen (secondary N) is 2. The van der Waals surface area contributed by atoms with Gasteiger partial charge in [0.2, 0.25) is 11.1 Å². The van der Waals surface area contributed by atoms with Crippen molar-refractivity contribution in [2.24, 2.45) is 0 Å².